The molecule has 5 nitrogen and oxygen atoms in total. The molecule has 0 aliphatic carbocycles. The third-order valence-corrected chi connectivity index (χ3v) is 2.46. The van der Waals surface area contributed by atoms with Crippen molar-refractivity contribution < 1.29 is 32.6 Å². The summed E-state index contributed by atoms with van der Waals surface area (Å²) in [5, 5.41) is 8.28. The van der Waals surface area contributed by atoms with Crippen LogP contribution in [0.5, 0.6) is 0 Å². The van der Waals surface area contributed by atoms with Gasteiger partial charge >= 0.3 is 18.1 Å². The fraction of sp³-hybridized carbons (Fsp3) is 0.300. The summed E-state index contributed by atoms with van der Waals surface area (Å²) in [6, 6.07) is 0.503. The summed E-state index contributed by atoms with van der Waals surface area (Å²) in [5.41, 5.74) is -1.65. The van der Waals surface area contributed by atoms with Crippen LogP contribution in [-0.4, -0.2) is 29.1 Å². The molecule has 1 aromatic rings. The van der Waals surface area contributed by atoms with Gasteiger partial charge in [-0.2, -0.15) is 13.2 Å². The first kappa shape index (κ1) is 15.2. The van der Waals surface area contributed by atoms with Gasteiger partial charge in [-0.3, -0.25) is 14.6 Å². The molecule has 0 radical (unpaired) electrons. The van der Waals surface area contributed by atoms with Gasteiger partial charge in [0.15, 0.2) is 5.92 Å². The van der Waals surface area contributed by atoms with Crippen molar-refractivity contribution in [3.05, 3.63) is 28.5 Å². The van der Waals surface area contributed by atoms with E-state index in [1.165, 1.54) is 0 Å². The van der Waals surface area contributed by atoms with Crippen molar-refractivity contribution in [3.63, 3.8) is 0 Å². The van der Waals surface area contributed by atoms with Crippen LogP contribution in [0.4, 0.5) is 13.2 Å². The first-order valence-electron chi connectivity index (χ1n) is 4.71. The molecule has 0 spiro atoms. The van der Waals surface area contributed by atoms with E-state index < -0.39 is 40.3 Å². The number of alkyl halides is 3. The number of pyridine rings is 1. The molecule has 0 fully saturated rings. The number of carboxylic acid groups (broad SMARTS) is 1. The summed E-state index contributed by atoms with van der Waals surface area (Å²) in [4.78, 5) is 25.5. The molecule has 0 aliphatic rings. The van der Waals surface area contributed by atoms with Gasteiger partial charge in [-0.15, -0.1) is 0 Å². The Morgan fingerprint density at radius 3 is 2.42 bits per heavy atom. The minimum absolute atomic E-state index is 0.403. The number of hydrogen-bond acceptors (Lipinski definition) is 4. The molecule has 1 N–H and O–H groups in total. The van der Waals surface area contributed by atoms with E-state index in [0.29, 0.717) is 12.3 Å². The molecule has 9 heteroatoms. The molecule has 1 atom stereocenters. The van der Waals surface area contributed by atoms with Crippen molar-refractivity contribution in [2.24, 2.45) is 0 Å². The summed E-state index contributed by atoms with van der Waals surface area (Å²) in [6.07, 6.45) is -4.26. The number of aromatic nitrogens is 1. The second kappa shape index (κ2) is 5.43. The van der Waals surface area contributed by atoms with Gasteiger partial charge in [-0.25, -0.2) is 0 Å². The Morgan fingerprint density at radius 2 is 2.05 bits per heavy atom. The highest BCUT2D eigenvalue weighted by Crippen LogP contribution is 2.33. The molecule has 1 unspecified atom stereocenters. The maximum atomic E-state index is 12.4. The molecular weight excluding hydrogens is 291 g/mol. The Labute approximate surface area is 110 Å². The number of ether oxygens (including phenoxy) is 1. The summed E-state index contributed by atoms with van der Waals surface area (Å²) in [6.45, 7) is 0. The molecule has 1 aromatic heterocycles. The molecule has 1 heterocycles. The Morgan fingerprint density at radius 1 is 1.47 bits per heavy atom. The van der Waals surface area contributed by atoms with Gasteiger partial charge in [-0.05, 0) is 6.07 Å². The van der Waals surface area contributed by atoms with Crippen molar-refractivity contribution in [3.8, 4) is 0 Å². The van der Waals surface area contributed by atoms with E-state index in [0.717, 1.165) is 7.11 Å². The molecule has 1 rings (SSSR count). The van der Waals surface area contributed by atoms with Gasteiger partial charge in [0.05, 0.1) is 23.4 Å². The second-order valence-corrected chi connectivity index (χ2v) is 3.79. The molecule has 0 aliphatic heterocycles. The third kappa shape index (κ3) is 3.34. The highest BCUT2D eigenvalue weighted by atomic mass is 35.5. The average molecular weight is 298 g/mol. The molecular formula is C10H7ClF3NO4. The Balaban J connectivity index is 3.28. The van der Waals surface area contributed by atoms with E-state index in [1.807, 2.05) is 0 Å². The highest BCUT2D eigenvalue weighted by molar-refractivity contribution is 6.32. The van der Waals surface area contributed by atoms with E-state index in [-0.39, 0.29) is 0 Å². The predicted octanol–water partition coefficient (Wildman–Crippen LogP) is 2.09. The van der Waals surface area contributed by atoms with Gasteiger partial charge < -0.3 is 9.84 Å². The molecule has 104 valence electrons. The number of rotatable bonds is 3. The summed E-state index contributed by atoms with van der Waals surface area (Å²) >= 11 is 5.54. The van der Waals surface area contributed by atoms with Crippen LogP contribution in [-0.2, 0) is 20.5 Å². The molecule has 0 saturated heterocycles. The standard InChI is InChI=1S/C10H7ClF3NO4/c1-19-9(18)6(8(16)17)7-5(11)2-4(3-15-7)10(12,13)14/h2-3,6H,1H3,(H,16,17). The normalized spacial score (nSPS) is 12.9. The summed E-state index contributed by atoms with van der Waals surface area (Å²) < 4.78 is 41.4. The summed E-state index contributed by atoms with van der Waals surface area (Å²) in [5.74, 6) is -4.68. The third-order valence-electron chi connectivity index (χ3n) is 2.15. The van der Waals surface area contributed by atoms with Crippen molar-refractivity contribution in [2.75, 3.05) is 7.11 Å². The van der Waals surface area contributed by atoms with Crippen molar-refractivity contribution in [1.29, 1.82) is 0 Å². The lowest BCUT2D eigenvalue weighted by atomic mass is 10.0. The van der Waals surface area contributed by atoms with E-state index in [9.17, 15) is 22.8 Å². The van der Waals surface area contributed by atoms with Crippen molar-refractivity contribution >= 4 is 23.5 Å². The lowest BCUT2D eigenvalue weighted by Gasteiger charge is -2.13. The lowest BCUT2D eigenvalue weighted by Crippen LogP contribution is -2.24. The van der Waals surface area contributed by atoms with Crippen LogP contribution in [0.2, 0.25) is 5.02 Å². The Bertz CT molecular complexity index is 518. The number of hydrogen-bond donors (Lipinski definition) is 1. The average Bonchev–Trinajstić information content (AvgIpc) is 2.29. The lowest BCUT2D eigenvalue weighted by molar-refractivity contribution is -0.152. The number of methoxy groups -OCH3 is 1. The van der Waals surface area contributed by atoms with Gasteiger partial charge in [0, 0.05) is 6.20 Å². The number of carbonyl (C=O) groups excluding carboxylic acids is 1. The van der Waals surface area contributed by atoms with Crippen LogP contribution in [0.3, 0.4) is 0 Å². The van der Waals surface area contributed by atoms with Crippen LogP contribution < -0.4 is 0 Å². The minimum Gasteiger partial charge on any atom is -0.480 e. The Hall–Kier alpha value is -1.83. The van der Waals surface area contributed by atoms with E-state index in [4.69, 9.17) is 16.7 Å². The zero-order valence-corrected chi connectivity index (χ0v) is 10.1. The zero-order chi connectivity index (χ0) is 14.8. The SMILES string of the molecule is COC(=O)C(C(=O)O)c1ncc(C(F)(F)F)cc1Cl. The van der Waals surface area contributed by atoms with E-state index in [1.54, 1.807) is 0 Å². The second-order valence-electron chi connectivity index (χ2n) is 3.38. The van der Waals surface area contributed by atoms with Crippen molar-refractivity contribution in [1.82, 2.24) is 4.98 Å². The fourth-order valence-corrected chi connectivity index (χ4v) is 1.54. The molecule has 19 heavy (non-hydrogen) atoms. The van der Waals surface area contributed by atoms with Crippen molar-refractivity contribution in [2.45, 2.75) is 12.1 Å². The van der Waals surface area contributed by atoms with Crippen LogP contribution in [0, 0.1) is 0 Å². The van der Waals surface area contributed by atoms with Gasteiger partial charge in [0.2, 0.25) is 0 Å². The molecule has 0 saturated carbocycles. The number of aliphatic carboxylic acids is 1. The fourth-order valence-electron chi connectivity index (χ4n) is 1.26. The zero-order valence-electron chi connectivity index (χ0n) is 9.36. The Kier molecular flexibility index (Phi) is 4.35. The highest BCUT2D eigenvalue weighted by Gasteiger charge is 2.36. The topological polar surface area (TPSA) is 76.5 Å². The smallest absolute Gasteiger partial charge is 0.417 e. The molecule has 0 amide bonds. The largest absolute Gasteiger partial charge is 0.480 e. The van der Waals surface area contributed by atoms with E-state index in [2.05, 4.69) is 9.72 Å². The quantitative estimate of drug-likeness (QED) is 0.683. The predicted molar refractivity (Wildman–Crippen MR) is 56.6 cm³/mol. The van der Waals surface area contributed by atoms with Crippen LogP contribution in [0.15, 0.2) is 12.3 Å². The number of esters is 1. The summed E-state index contributed by atoms with van der Waals surface area (Å²) in [7, 11) is 0.941. The maximum absolute atomic E-state index is 12.4. The van der Waals surface area contributed by atoms with Crippen LogP contribution in [0.1, 0.15) is 17.2 Å². The number of carboxylic acids is 1. The van der Waals surface area contributed by atoms with Gasteiger partial charge in [0.25, 0.3) is 0 Å². The maximum Gasteiger partial charge on any atom is 0.417 e. The van der Waals surface area contributed by atoms with E-state index >= 15 is 0 Å². The number of nitrogens with zero attached hydrogens (tertiary/aromatic N) is 1. The first-order valence-corrected chi connectivity index (χ1v) is 5.09. The van der Waals surface area contributed by atoms with Crippen LogP contribution in [0.25, 0.3) is 0 Å². The molecule has 0 aromatic carbocycles. The molecule has 0 bridgehead atoms. The number of carbonyl (C=O) groups is 2. The van der Waals surface area contributed by atoms with Crippen LogP contribution >= 0.6 is 11.6 Å². The minimum atomic E-state index is -4.67. The van der Waals surface area contributed by atoms with Gasteiger partial charge in [0.1, 0.15) is 0 Å². The monoisotopic (exact) mass is 297 g/mol. The first-order chi connectivity index (χ1) is 8.68. The van der Waals surface area contributed by atoms with Gasteiger partial charge in [-0.1, -0.05) is 11.6 Å². The number of halogens is 4.